The molecule has 1 unspecified atom stereocenters. The Balaban J connectivity index is 2.41. The van der Waals surface area contributed by atoms with Crippen LogP contribution in [-0.4, -0.2) is 47.9 Å². The molecule has 21 heavy (non-hydrogen) atoms. The van der Waals surface area contributed by atoms with Crippen molar-refractivity contribution >= 4 is 6.03 Å². The summed E-state index contributed by atoms with van der Waals surface area (Å²) in [6.45, 7) is 7.87. The zero-order valence-electron chi connectivity index (χ0n) is 13.5. The number of hydrogen-bond acceptors (Lipinski definition) is 3. The number of benzene rings is 1. The lowest BCUT2D eigenvalue weighted by atomic mass is 10.1. The van der Waals surface area contributed by atoms with Gasteiger partial charge in [0.2, 0.25) is 0 Å². The maximum atomic E-state index is 12.0. The number of hydrogen-bond donors (Lipinski definition) is 2. The number of ether oxygens (including phenoxy) is 1. The van der Waals surface area contributed by atoms with E-state index in [-0.39, 0.29) is 18.6 Å². The molecule has 1 aromatic carbocycles. The van der Waals surface area contributed by atoms with Crippen molar-refractivity contribution in [2.45, 2.75) is 39.3 Å². The molecule has 0 spiro atoms. The van der Waals surface area contributed by atoms with Gasteiger partial charge in [0.25, 0.3) is 0 Å². The monoisotopic (exact) mass is 294 g/mol. The fourth-order valence-electron chi connectivity index (χ4n) is 1.95. The van der Waals surface area contributed by atoms with E-state index in [1.165, 1.54) is 4.90 Å². The SMILES string of the molecule is Cc1ccccc1OCC(C)NC(=O)N(C)CC(C)(C)O. The molecule has 5 heteroatoms. The number of carbonyl (C=O) groups is 1. The summed E-state index contributed by atoms with van der Waals surface area (Å²) in [5.74, 6) is 0.823. The van der Waals surface area contributed by atoms with Crippen molar-refractivity contribution in [2.75, 3.05) is 20.2 Å². The fraction of sp³-hybridized carbons (Fsp3) is 0.562. The van der Waals surface area contributed by atoms with Crippen molar-refractivity contribution < 1.29 is 14.6 Å². The first-order chi connectivity index (χ1) is 9.69. The molecule has 118 valence electrons. The van der Waals surface area contributed by atoms with Crippen LogP contribution in [0.15, 0.2) is 24.3 Å². The molecule has 1 rings (SSSR count). The van der Waals surface area contributed by atoms with Crippen LogP contribution in [0.25, 0.3) is 0 Å². The first-order valence-corrected chi connectivity index (χ1v) is 7.11. The van der Waals surface area contributed by atoms with E-state index in [4.69, 9.17) is 4.74 Å². The summed E-state index contributed by atoms with van der Waals surface area (Å²) >= 11 is 0. The molecule has 0 aliphatic carbocycles. The molecular formula is C16H26N2O3. The number of rotatable bonds is 6. The van der Waals surface area contributed by atoms with Crippen LogP contribution in [0.5, 0.6) is 5.75 Å². The highest BCUT2D eigenvalue weighted by Crippen LogP contribution is 2.16. The molecule has 0 aromatic heterocycles. The normalized spacial score (nSPS) is 12.7. The third-order valence-electron chi connectivity index (χ3n) is 2.92. The molecule has 0 aliphatic heterocycles. The Bertz CT molecular complexity index is 469. The highest BCUT2D eigenvalue weighted by Gasteiger charge is 2.20. The van der Waals surface area contributed by atoms with Crippen LogP contribution in [0, 0.1) is 6.92 Å². The average Bonchev–Trinajstić information content (AvgIpc) is 2.35. The van der Waals surface area contributed by atoms with Gasteiger partial charge >= 0.3 is 6.03 Å². The van der Waals surface area contributed by atoms with E-state index >= 15 is 0 Å². The maximum absolute atomic E-state index is 12.0. The number of amides is 2. The van der Waals surface area contributed by atoms with Crippen LogP contribution >= 0.6 is 0 Å². The van der Waals surface area contributed by atoms with E-state index in [2.05, 4.69) is 5.32 Å². The predicted molar refractivity (Wildman–Crippen MR) is 83.6 cm³/mol. The lowest BCUT2D eigenvalue weighted by molar-refractivity contribution is 0.0526. The number of nitrogens with zero attached hydrogens (tertiary/aromatic N) is 1. The minimum atomic E-state index is -0.910. The van der Waals surface area contributed by atoms with Gasteiger partial charge in [-0.25, -0.2) is 4.79 Å². The smallest absolute Gasteiger partial charge is 0.317 e. The highest BCUT2D eigenvalue weighted by atomic mass is 16.5. The van der Waals surface area contributed by atoms with Gasteiger partial charge in [0, 0.05) is 7.05 Å². The zero-order valence-corrected chi connectivity index (χ0v) is 13.5. The van der Waals surface area contributed by atoms with Crippen molar-refractivity contribution in [1.29, 1.82) is 0 Å². The molecule has 0 radical (unpaired) electrons. The predicted octanol–water partition coefficient (Wildman–Crippen LogP) is 2.17. The van der Waals surface area contributed by atoms with Gasteiger partial charge in [-0.1, -0.05) is 18.2 Å². The van der Waals surface area contributed by atoms with Gasteiger partial charge in [-0.2, -0.15) is 0 Å². The van der Waals surface area contributed by atoms with Gasteiger partial charge in [0.15, 0.2) is 0 Å². The highest BCUT2D eigenvalue weighted by molar-refractivity contribution is 5.74. The summed E-state index contributed by atoms with van der Waals surface area (Å²) in [4.78, 5) is 13.4. The van der Waals surface area contributed by atoms with Crippen LogP contribution in [0.2, 0.25) is 0 Å². The quantitative estimate of drug-likeness (QED) is 0.845. The number of likely N-dealkylation sites (N-methyl/N-ethyl adjacent to an activating group) is 1. The molecule has 0 saturated carbocycles. The lowest BCUT2D eigenvalue weighted by Gasteiger charge is -2.27. The van der Waals surface area contributed by atoms with E-state index in [0.29, 0.717) is 6.61 Å². The minimum Gasteiger partial charge on any atom is -0.491 e. The molecule has 1 aromatic rings. The van der Waals surface area contributed by atoms with Crippen molar-refractivity contribution in [3.05, 3.63) is 29.8 Å². The van der Waals surface area contributed by atoms with Gasteiger partial charge in [-0.15, -0.1) is 0 Å². The van der Waals surface area contributed by atoms with Crippen LogP contribution in [-0.2, 0) is 0 Å². The Kier molecular flexibility index (Phi) is 6.03. The Morgan fingerprint density at radius 3 is 2.62 bits per heavy atom. The molecule has 1 atom stereocenters. The van der Waals surface area contributed by atoms with Gasteiger partial charge < -0.3 is 20.1 Å². The first kappa shape index (κ1) is 17.3. The van der Waals surface area contributed by atoms with E-state index in [1.807, 2.05) is 38.1 Å². The molecule has 0 saturated heterocycles. The summed E-state index contributed by atoms with van der Waals surface area (Å²) in [7, 11) is 1.65. The molecule has 0 bridgehead atoms. The summed E-state index contributed by atoms with van der Waals surface area (Å²) in [6, 6.07) is 7.42. The van der Waals surface area contributed by atoms with Gasteiger partial charge in [0.05, 0.1) is 18.2 Å². The summed E-state index contributed by atoms with van der Waals surface area (Å²) in [5.41, 5.74) is 0.155. The Morgan fingerprint density at radius 2 is 2.05 bits per heavy atom. The number of aryl methyl sites for hydroxylation is 1. The molecule has 0 heterocycles. The summed E-state index contributed by atoms with van der Waals surface area (Å²) < 4.78 is 5.70. The molecule has 0 fully saturated rings. The second-order valence-corrected chi connectivity index (χ2v) is 6.10. The van der Waals surface area contributed by atoms with E-state index < -0.39 is 5.60 Å². The third-order valence-corrected chi connectivity index (χ3v) is 2.92. The maximum Gasteiger partial charge on any atom is 0.317 e. The number of nitrogens with one attached hydrogen (secondary N) is 1. The third kappa shape index (κ3) is 6.49. The van der Waals surface area contributed by atoms with Gasteiger partial charge in [0.1, 0.15) is 12.4 Å². The van der Waals surface area contributed by atoms with E-state index in [1.54, 1.807) is 20.9 Å². The standard InChI is InChI=1S/C16H26N2O3/c1-12-8-6-7-9-14(12)21-10-13(2)17-15(19)18(5)11-16(3,4)20/h6-9,13,20H,10-11H2,1-5H3,(H,17,19). The zero-order chi connectivity index (χ0) is 16.0. The molecule has 2 amide bonds. The van der Waals surface area contributed by atoms with Crippen molar-refractivity contribution in [1.82, 2.24) is 10.2 Å². The van der Waals surface area contributed by atoms with Gasteiger partial charge in [-0.3, -0.25) is 0 Å². The number of urea groups is 1. The second kappa shape index (κ2) is 7.31. The molecule has 5 nitrogen and oxygen atoms in total. The molecular weight excluding hydrogens is 268 g/mol. The first-order valence-electron chi connectivity index (χ1n) is 7.11. The molecule has 2 N–H and O–H groups in total. The largest absolute Gasteiger partial charge is 0.491 e. The van der Waals surface area contributed by atoms with Crippen LogP contribution in [0.4, 0.5) is 4.79 Å². The topological polar surface area (TPSA) is 61.8 Å². The molecule has 0 aliphatic rings. The number of para-hydroxylation sites is 1. The minimum absolute atomic E-state index is 0.124. The Hall–Kier alpha value is -1.75. The van der Waals surface area contributed by atoms with Crippen molar-refractivity contribution in [3.8, 4) is 5.75 Å². The summed E-state index contributed by atoms with van der Waals surface area (Å²) in [5, 5.41) is 12.6. The van der Waals surface area contributed by atoms with Gasteiger partial charge in [-0.05, 0) is 39.3 Å². The van der Waals surface area contributed by atoms with E-state index in [0.717, 1.165) is 11.3 Å². The number of aliphatic hydroxyl groups is 1. The van der Waals surface area contributed by atoms with Crippen molar-refractivity contribution in [2.24, 2.45) is 0 Å². The van der Waals surface area contributed by atoms with Crippen LogP contribution < -0.4 is 10.1 Å². The summed E-state index contributed by atoms with van der Waals surface area (Å²) in [6.07, 6.45) is 0. The lowest BCUT2D eigenvalue weighted by Crippen LogP contribution is -2.48. The average molecular weight is 294 g/mol. The fourth-order valence-corrected chi connectivity index (χ4v) is 1.95. The Morgan fingerprint density at radius 1 is 1.43 bits per heavy atom. The second-order valence-electron chi connectivity index (χ2n) is 6.10. The van der Waals surface area contributed by atoms with Crippen molar-refractivity contribution in [3.63, 3.8) is 0 Å². The van der Waals surface area contributed by atoms with Crippen LogP contribution in [0.1, 0.15) is 26.3 Å². The Labute approximate surface area is 126 Å². The van der Waals surface area contributed by atoms with Crippen LogP contribution in [0.3, 0.4) is 0 Å². The number of carbonyl (C=O) groups excluding carboxylic acids is 1. The van der Waals surface area contributed by atoms with E-state index in [9.17, 15) is 9.90 Å².